The molecular formula is C66H54N2. The van der Waals surface area contributed by atoms with E-state index in [1.54, 1.807) is 0 Å². The van der Waals surface area contributed by atoms with Gasteiger partial charge < -0.3 is 9.47 Å². The number of fused-ring (bicyclic) bond motifs is 9. The Bertz CT molecular complexity index is 3660. The lowest BCUT2D eigenvalue weighted by atomic mass is 9.81. The zero-order valence-corrected chi connectivity index (χ0v) is 39.7. The van der Waals surface area contributed by atoms with Crippen LogP contribution in [-0.4, -0.2) is 4.57 Å². The van der Waals surface area contributed by atoms with Crippen LogP contribution in [0.2, 0.25) is 0 Å². The summed E-state index contributed by atoms with van der Waals surface area (Å²) in [6, 6.07) is 74.8. The van der Waals surface area contributed by atoms with Crippen molar-refractivity contribution in [2.24, 2.45) is 0 Å². The average molecular weight is 875 g/mol. The van der Waals surface area contributed by atoms with Crippen LogP contribution in [0.4, 0.5) is 17.1 Å². The van der Waals surface area contributed by atoms with Gasteiger partial charge in [0.1, 0.15) is 0 Å². The summed E-state index contributed by atoms with van der Waals surface area (Å²) in [5.74, 6) is 0. The quantitative estimate of drug-likeness (QED) is 0.138. The van der Waals surface area contributed by atoms with Crippen molar-refractivity contribution in [3.8, 4) is 50.2 Å². The fourth-order valence-corrected chi connectivity index (χ4v) is 11.5. The molecule has 2 heteroatoms. The number of hydrogen-bond acceptors (Lipinski definition) is 1. The van der Waals surface area contributed by atoms with Crippen LogP contribution in [0.5, 0.6) is 0 Å². The summed E-state index contributed by atoms with van der Waals surface area (Å²) < 4.78 is 2.46. The van der Waals surface area contributed by atoms with E-state index in [-0.39, 0.29) is 10.8 Å². The van der Waals surface area contributed by atoms with Crippen molar-refractivity contribution in [1.29, 1.82) is 0 Å². The molecule has 1 aromatic heterocycles. The van der Waals surface area contributed by atoms with Gasteiger partial charge in [-0.15, -0.1) is 0 Å². The summed E-state index contributed by atoms with van der Waals surface area (Å²) in [5.41, 5.74) is 24.8. The molecule has 0 amide bonds. The van der Waals surface area contributed by atoms with E-state index in [2.05, 4.69) is 269 Å². The van der Waals surface area contributed by atoms with E-state index in [1.807, 2.05) is 0 Å². The van der Waals surface area contributed by atoms with Gasteiger partial charge in [-0.05, 0) is 171 Å². The van der Waals surface area contributed by atoms with Crippen molar-refractivity contribution in [2.45, 2.75) is 52.4 Å². The Labute approximate surface area is 400 Å². The van der Waals surface area contributed by atoms with Gasteiger partial charge in [0.05, 0.1) is 11.0 Å². The molecule has 2 aliphatic rings. The summed E-state index contributed by atoms with van der Waals surface area (Å²) in [5, 5.41) is 2.56. The van der Waals surface area contributed by atoms with Gasteiger partial charge in [-0.25, -0.2) is 0 Å². The van der Waals surface area contributed by atoms with Gasteiger partial charge >= 0.3 is 0 Å². The lowest BCUT2D eigenvalue weighted by Gasteiger charge is -2.28. The van der Waals surface area contributed by atoms with Gasteiger partial charge in [0.15, 0.2) is 0 Å². The molecule has 0 aliphatic heterocycles. The fraction of sp³-hybridized carbons (Fsp3) is 0.121. The van der Waals surface area contributed by atoms with Crippen molar-refractivity contribution in [2.75, 3.05) is 4.90 Å². The summed E-state index contributed by atoms with van der Waals surface area (Å²) in [7, 11) is 0. The molecule has 12 rings (SSSR count). The maximum atomic E-state index is 2.47. The normalized spacial score (nSPS) is 14.3. The van der Waals surface area contributed by atoms with E-state index < -0.39 is 0 Å². The van der Waals surface area contributed by atoms with Crippen LogP contribution in [-0.2, 0) is 10.8 Å². The highest BCUT2D eigenvalue weighted by molar-refractivity contribution is 6.13. The Morgan fingerprint density at radius 3 is 1.66 bits per heavy atom. The van der Waals surface area contributed by atoms with E-state index in [0.29, 0.717) is 0 Å². The molecule has 10 aromatic rings. The van der Waals surface area contributed by atoms with E-state index in [1.165, 1.54) is 105 Å². The van der Waals surface area contributed by atoms with Crippen LogP contribution in [0.1, 0.15) is 69.4 Å². The molecule has 2 nitrogen and oxygen atoms in total. The average Bonchev–Trinajstić information content (AvgIpc) is 3.91. The third-order valence-corrected chi connectivity index (χ3v) is 15.1. The second kappa shape index (κ2) is 15.9. The summed E-state index contributed by atoms with van der Waals surface area (Å²) in [4.78, 5) is 2.41. The smallest absolute Gasteiger partial charge is 0.0544 e. The third-order valence-electron chi connectivity index (χ3n) is 15.1. The Hall–Kier alpha value is -7.94. The zero-order valence-electron chi connectivity index (χ0n) is 39.7. The molecule has 2 aliphatic carbocycles. The van der Waals surface area contributed by atoms with Crippen LogP contribution in [0.25, 0.3) is 77.6 Å². The highest BCUT2D eigenvalue weighted by Gasteiger charge is 2.38. The van der Waals surface area contributed by atoms with Crippen molar-refractivity contribution in [3.05, 3.63) is 246 Å². The van der Waals surface area contributed by atoms with E-state index >= 15 is 0 Å². The summed E-state index contributed by atoms with van der Waals surface area (Å²) >= 11 is 0. The molecular weight excluding hydrogens is 821 g/mol. The first-order valence-electron chi connectivity index (χ1n) is 24.1. The van der Waals surface area contributed by atoms with Crippen LogP contribution < -0.4 is 4.90 Å². The molecule has 0 radical (unpaired) electrons. The number of rotatable bonds is 8. The molecule has 0 spiro atoms. The largest absolute Gasteiger partial charge is 0.310 e. The van der Waals surface area contributed by atoms with Gasteiger partial charge in [0.25, 0.3) is 0 Å². The lowest BCUT2D eigenvalue weighted by molar-refractivity contribution is 0.660. The highest BCUT2D eigenvalue weighted by Crippen LogP contribution is 2.53. The summed E-state index contributed by atoms with van der Waals surface area (Å²) in [6.07, 6.45) is 6.45. The van der Waals surface area contributed by atoms with Gasteiger partial charge in [-0.3, -0.25) is 0 Å². The standard InChI is InChI=1S/C66H54N2/c1-7-17-43(8-2)45-24-30-50(31-25-45)67(51-32-26-46(27-33-51)44-18-11-9-12-19-44)52-34-36-55-54-35-28-48(39-60(54)66(5,6)61(55)40-52)47-29-37-63-57(38-47)58-41-56-53-22-15-16-23-59(53)65(3,4)62(56)42-64(58)68(63)49-20-13-10-14-21-49/h7-42H,1-6H3/b17-7-,43-8+. The molecule has 0 saturated carbocycles. The number of benzene rings is 9. The Morgan fingerprint density at radius 1 is 0.412 bits per heavy atom. The predicted molar refractivity (Wildman–Crippen MR) is 290 cm³/mol. The van der Waals surface area contributed by atoms with Crippen molar-refractivity contribution < 1.29 is 0 Å². The molecule has 0 saturated heterocycles. The first-order valence-corrected chi connectivity index (χ1v) is 24.1. The Morgan fingerprint density at radius 2 is 0.941 bits per heavy atom. The molecule has 0 N–H and O–H groups in total. The number of para-hydroxylation sites is 1. The van der Waals surface area contributed by atoms with E-state index in [4.69, 9.17) is 0 Å². The molecule has 0 atom stereocenters. The molecule has 328 valence electrons. The van der Waals surface area contributed by atoms with Gasteiger partial charge in [0.2, 0.25) is 0 Å². The maximum Gasteiger partial charge on any atom is 0.0544 e. The number of anilines is 3. The Balaban J connectivity index is 0.952. The maximum absolute atomic E-state index is 2.47. The second-order valence-corrected chi connectivity index (χ2v) is 19.6. The van der Waals surface area contributed by atoms with Crippen LogP contribution in [0.3, 0.4) is 0 Å². The van der Waals surface area contributed by atoms with Gasteiger partial charge in [-0.2, -0.15) is 0 Å². The molecule has 1 heterocycles. The van der Waals surface area contributed by atoms with Gasteiger partial charge in [-0.1, -0.05) is 167 Å². The Kier molecular flexibility index (Phi) is 9.67. The first-order chi connectivity index (χ1) is 33.1. The predicted octanol–water partition coefficient (Wildman–Crippen LogP) is 18.2. The topological polar surface area (TPSA) is 8.17 Å². The van der Waals surface area contributed by atoms with Crippen molar-refractivity contribution >= 4 is 44.4 Å². The lowest BCUT2D eigenvalue weighted by Crippen LogP contribution is -2.16. The zero-order chi connectivity index (χ0) is 46.3. The van der Waals surface area contributed by atoms with Crippen LogP contribution >= 0.6 is 0 Å². The minimum absolute atomic E-state index is 0.0840. The van der Waals surface area contributed by atoms with E-state index in [9.17, 15) is 0 Å². The monoisotopic (exact) mass is 874 g/mol. The third kappa shape index (κ3) is 6.46. The summed E-state index contributed by atoms with van der Waals surface area (Å²) in [6.45, 7) is 13.7. The number of nitrogens with zero attached hydrogens (tertiary/aromatic N) is 2. The van der Waals surface area contributed by atoms with Crippen LogP contribution in [0, 0.1) is 0 Å². The highest BCUT2D eigenvalue weighted by atomic mass is 15.1. The number of allylic oxidation sites excluding steroid dienone is 4. The number of hydrogen-bond donors (Lipinski definition) is 0. The second-order valence-electron chi connectivity index (χ2n) is 19.6. The minimum Gasteiger partial charge on any atom is -0.310 e. The minimum atomic E-state index is -0.231. The molecule has 0 fully saturated rings. The first kappa shape index (κ1) is 41.5. The van der Waals surface area contributed by atoms with Crippen LogP contribution in [0.15, 0.2) is 218 Å². The fourth-order valence-electron chi connectivity index (χ4n) is 11.5. The molecule has 0 unspecified atom stereocenters. The molecule has 0 bridgehead atoms. The van der Waals surface area contributed by atoms with Crippen molar-refractivity contribution in [3.63, 3.8) is 0 Å². The SMILES string of the molecule is C/C=C\C(=C/C)c1ccc(N(c2ccc(-c3ccccc3)cc2)c2ccc3c(c2)C(C)(C)c2cc(-c4ccc5c(c4)c4cc6c(cc4n5-c4ccccc4)C(C)(C)c4ccccc4-6)ccc2-3)cc1. The van der Waals surface area contributed by atoms with Crippen molar-refractivity contribution in [1.82, 2.24) is 4.57 Å². The molecule has 68 heavy (non-hydrogen) atoms. The number of aromatic nitrogens is 1. The van der Waals surface area contributed by atoms with E-state index in [0.717, 1.165) is 17.1 Å². The molecule has 9 aromatic carbocycles. The van der Waals surface area contributed by atoms with Gasteiger partial charge in [0, 0.05) is 44.4 Å².